The summed E-state index contributed by atoms with van der Waals surface area (Å²) in [5.41, 5.74) is 1.89. The lowest BCUT2D eigenvalue weighted by molar-refractivity contribution is 0.0963. The van der Waals surface area contributed by atoms with E-state index in [1.54, 1.807) is 37.4 Å². The highest BCUT2D eigenvalue weighted by Gasteiger charge is 2.05. The van der Waals surface area contributed by atoms with Crippen LogP contribution in [0.15, 0.2) is 46.9 Å². The molecule has 0 aliphatic heterocycles. The average molecular weight is 337 g/mol. The van der Waals surface area contributed by atoms with Crippen molar-refractivity contribution in [2.75, 3.05) is 12.4 Å². The molecular weight excluding hydrogens is 323 g/mol. The molecule has 1 amide bonds. The molecule has 0 saturated carbocycles. The van der Waals surface area contributed by atoms with Gasteiger partial charge in [-0.2, -0.15) is 0 Å². The number of rotatable bonds is 4. The van der Waals surface area contributed by atoms with Gasteiger partial charge in [0, 0.05) is 34.9 Å². The van der Waals surface area contributed by atoms with Crippen LogP contribution in [0.2, 0.25) is 0 Å². The van der Waals surface area contributed by atoms with Gasteiger partial charge in [0.2, 0.25) is 0 Å². The molecule has 2 rings (SSSR count). The molecule has 0 saturated heterocycles. The second-order valence-corrected chi connectivity index (χ2v) is 5.16. The Hall–Kier alpha value is -1.88. The van der Waals surface area contributed by atoms with E-state index in [1.807, 2.05) is 6.07 Å². The first kappa shape index (κ1) is 14.5. The van der Waals surface area contributed by atoms with E-state index in [-0.39, 0.29) is 11.7 Å². The molecule has 0 bridgehead atoms. The topological polar surface area (TPSA) is 41.1 Å². The Bertz CT molecular complexity index is 631. The highest BCUT2D eigenvalue weighted by molar-refractivity contribution is 9.10. The van der Waals surface area contributed by atoms with E-state index in [4.69, 9.17) is 0 Å². The quantitative estimate of drug-likeness (QED) is 0.896. The highest BCUT2D eigenvalue weighted by Crippen LogP contribution is 2.18. The molecule has 2 aromatic rings. The van der Waals surface area contributed by atoms with Crippen LogP contribution in [0.4, 0.5) is 10.1 Å². The maximum absolute atomic E-state index is 13.6. The Balaban J connectivity index is 2.11. The van der Waals surface area contributed by atoms with E-state index in [0.717, 1.165) is 10.2 Å². The van der Waals surface area contributed by atoms with Gasteiger partial charge in [0.15, 0.2) is 0 Å². The molecule has 0 radical (unpaired) electrons. The van der Waals surface area contributed by atoms with Gasteiger partial charge in [0.25, 0.3) is 5.91 Å². The number of carbonyl (C=O) groups excluding carboxylic acids is 1. The third-order valence-electron chi connectivity index (χ3n) is 2.84. The zero-order valence-electron chi connectivity index (χ0n) is 10.9. The van der Waals surface area contributed by atoms with Crippen molar-refractivity contribution in [1.82, 2.24) is 5.32 Å². The molecule has 104 valence electrons. The SMILES string of the molecule is CNC(=O)c1cccc(NCc2cc(Br)ccc2F)c1. The van der Waals surface area contributed by atoms with Crippen LogP contribution in [0.25, 0.3) is 0 Å². The minimum Gasteiger partial charge on any atom is -0.381 e. The zero-order valence-corrected chi connectivity index (χ0v) is 12.5. The Morgan fingerprint density at radius 3 is 2.80 bits per heavy atom. The summed E-state index contributed by atoms with van der Waals surface area (Å²) >= 11 is 3.32. The van der Waals surface area contributed by atoms with E-state index >= 15 is 0 Å². The number of nitrogens with one attached hydrogen (secondary N) is 2. The molecule has 2 aromatic carbocycles. The van der Waals surface area contributed by atoms with Crippen LogP contribution in [-0.2, 0) is 6.54 Å². The summed E-state index contributed by atoms with van der Waals surface area (Å²) in [7, 11) is 1.58. The van der Waals surface area contributed by atoms with Gasteiger partial charge in [0.05, 0.1) is 0 Å². The lowest BCUT2D eigenvalue weighted by Crippen LogP contribution is -2.17. The second kappa shape index (κ2) is 6.52. The maximum Gasteiger partial charge on any atom is 0.251 e. The molecule has 3 nitrogen and oxygen atoms in total. The van der Waals surface area contributed by atoms with Crippen molar-refractivity contribution in [3.8, 4) is 0 Å². The van der Waals surface area contributed by atoms with Crippen LogP contribution in [0, 0.1) is 5.82 Å². The lowest BCUT2D eigenvalue weighted by Gasteiger charge is -2.09. The minimum absolute atomic E-state index is 0.151. The molecule has 0 spiro atoms. The molecule has 0 aromatic heterocycles. The standard InChI is InChI=1S/C15H14BrFN2O/c1-18-15(20)10-3-2-4-13(8-10)19-9-11-7-12(16)5-6-14(11)17/h2-8,19H,9H2,1H3,(H,18,20). The molecule has 0 aliphatic carbocycles. The zero-order chi connectivity index (χ0) is 14.5. The van der Waals surface area contributed by atoms with E-state index in [1.165, 1.54) is 6.07 Å². The number of amides is 1. The predicted molar refractivity (Wildman–Crippen MR) is 81.3 cm³/mol. The molecule has 5 heteroatoms. The smallest absolute Gasteiger partial charge is 0.251 e. The summed E-state index contributed by atoms with van der Waals surface area (Å²) in [5.74, 6) is -0.412. The Morgan fingerprint density at radius 2 is 2.05 bits per heavy atom. The van der Waals surface area contributed by atoms with Crippen LogP contribution in [0.3, 0.4) is 0 Å². The van der Waals surface area contributed by atoms with Crippen LogP contribution < -0.4 is 10.6 Å². The number of hydrogen-bond donors (Lipinski definition) is 2. The normalized spacial score (nSPS) is 10.2. The Labute approximate surface area is 125 Å². The van der Waals surface area contributed by atoms with E-state index in [0.29, 0.717) is 17.7 Å². The Kier molecular flexibility index (Phi) is 4.74. The van der Waals surface area contributed by atoms with Gasteiger partial charge in [-0.05, 0) is 36.4 Å². The van der Waals surface area contributed by atoms with Gasteiger partial charge < -0.3 is 10.6 Å². The number of anilines is 1. The molecule has 0 unspecified atom stereocenters. The fraction of sp³-hybridized carbons (Fsp3) is 0.133. The fourth-order valence-electron chi connectivity index (χ4n) is 1.79. The molecule has 2 N–H and O–H groups in total. The van der Waals surface area contributed by atoms with Crippen LogP contribution >= 0.6 is 15.9 Å². The second-order valence-electron chi connectivity index (χ2n) is 4.25. The number of halogens is 2. The van der Waals surface area contributed by atoms with E-state index < -0.39 is 0 Å². The minimum atomic E-state index is -0.261. The van der Waals surface area contributed by atoms with Crippen molar-refractivity contribution in [2.24, 2.45) is 0 Å². The van der Waals surface area contributed by atoms with E-state index in [9.17, 15) is 9.18 Å². The monoisotopic (exact) mass is 336 g/mol. The molecule has 0 aliphatic rings. The summed E-state index contributed by atoms with van der Waals surface area (Å²) in [6, 6.07) is 11.9. The largest absolute Gasteiger partial charge is 0.381 e. The first-order valence-electron chi connectivity index (χ1n) is 6.10. The summed E-state index contributed by atoms with van der Waals surface area (Å²) in [4.78, 5) is 11.5. The van der Waals surface area contributed by atoms with Gasteiger partial charge in [0.1, 0.15) is 5.82 Å². The van der Waals surface area contributed by atoms with Crippen LogP contribution in [-0.4, -0.2) is 13.0 Å². The van der Waals surface area contributed by atoms with E-state index in [2.05, 4.69) is 26.6 Å². The molecule has 0 atom stereocenters. The number of carbonyl (C=O) groups is 1. The molecule has 20 heavy (non-hydrogen) atoms. The number of benzene rings is 2. The van der Waals surface area contributed by atoms with Crippen molar-refractivity contribution in [1.29, 1.82) is 0 Å². The Morgan fingerprint density at radius 1 is 1.25 bits per heavy atom. The molecule has 0 heterocycles. The average Bonchev–Trinajstić information content (AvgIpc) is 2.47. The van der Waals surface area contributed by atoms with Gasteiger partial charge in [-0.15, -0.1) is 0 Å². The first-order valence-corrected chi connectivity index (χ1v) is 6.89. The van der Waals surface area contributed by atoms with Crippen molar-refractivity contribution >= 4 is 27.5 Å². The predicted octanol–water partition coefficient (Wildman–Crippen LogP) is 3.56. The van der Waals surface area contributed by atoms with Gasteiger partial charge in [-0.1, -0.05) is 22.0 Å². The van der Waals surface area contributed by atoms with Crippen LogP contribution in [0.1, 0.15) is 15.9 Å². The first-order chi connectivity index (χ1) is 9.60. The van der Waals surface area contributed by atoms with Crippen molar-refractivity contribution < 1.29 is 9.18 Å². The number of hydrogen-bond acceptors (Lipinski definition) is 2. The molecular formula is C15H14BrFN2O. The third-order valence-corrected chi connectivity index (χ3v) is 3.34. The van der Waals surface area contributed by atoms with Crippen molar-refractivity contribution in [3.05, 3.63) is 63.9 Å². The third kappa shape index (κ3) is 3.57. The maximum atomic E-state index is 13.6. The van der Waals surface area contributed by atoms with Crippen molar-refractivity contribution in [3.63, 3.8) is 0 Å². The summed E-state index contributed by atoms with van der Waals surface area (Å²) in [6.07, 6.45) is 0. The van der Waals surface area contributed by atoms with Crippen molar-refractivity contribution in [2.45, 2.75) is 6.54 Å². The van der Waals surface area contributed by atoms with Gasteiger partial charge >= 0.3 is 0 Å². The fourth-order valence-corrected chi connectivity index (χ4v) is 2.20. The lowest BCUT2D eigenvalue weighted by atomic mass is 10.1. The molecule has 0 fully saturated rings. The van der Waals surface area contributed by atoms with Gasteiger partial charge in [-0.25, -0.2) is 4.39 Å². The van der Waals surface area contributed by atoms with Crippen LogP contribution in [0.5, 0.6) is 0 Å². The summed E-state index contributed by atoms with van der Waals surface area (Å²) < 4.78 is 14.4. The summed E-state index contributed by atoms with van der Waals surface area (Å²) in [6.45, 7) is 0.350. The highest BCUT2D eigenvalue weighted by atomic mass is 79.9. The van der Waals surface area contributed by atoms with Gasteiger partial charge in [-0.3, -0.25) is 4.79 Å². The summed E-state index contributed by atoms with van der Waals surface area (Å²) in [5, 5.41) is 5.67.